The molecule has 2 aliphatic carbocycles. The molecule has 0 heterocycles. The monoisotopic (exact) mass is 365 g/mol. The van der Waals surface area contributed by atoms with Crippen molar-refractivity contribution in [3.8, 4) is 11.8 Å². The Morgan fingerprint density at radius 2 is 1.78 bits per heavy atom. The van der Waals surface area contributed by atoms with Crippen LogP contribution in [-0.4, -0.2) is 4.92 Å². The van der Waals surface area contributed by atoms with Crippen LogP contribution in [0.25, 0.3) is 0 Å². The number of nitrogens with zero attached hydrogens (tertiary/aromatic N) is 1. The molecule has 23 heavy (non-hydrogen) atoms. The second-order valence-electron chi connectivity index (χ2n) is 5.09. The summed E-state index contributed by atoms with van der Waals surface area (Å²) in [6, 6.07) is 6.27. The van der Waals surface area contributed by atoms with E-state index in [4.69, 9.17) is 0 Å². The highest BCUT2D eigenvalue weighted by molar-refractivity contribution is 9.11. The normalized spacial score (nSPS) is 15.9. The number of nitro groups is 1. The van der Waals surface area contributed by atoms with Crippen LogP contribution < -0.4 is 0 Å². The van der Waals surface area contributed by atoms with Crippen LogP contribution in [0.1, 0.15) is 12.0 Å². The van der Waals surface area contributed by atoms with Crippen LogP contribution in [0.2, 0.25) is 0 Å². The average Bonchev–Trinajstić information content (AvgIpc) is 2.86. The lowest BCUT2D eigenvalue weighted by Gasteiger charge is -2.04. The number of fused-ring (bicyclic) bond motifs is 2. The van der Waals surface area contributed by atoms with E-state index in [9.17, 15) is 10.1 Å². The molecule has 0 saturated carbocycles. The maximum atomic E-state index is 10.7. The van der Waals surface area contributed by atoms with Crippen LogP contribution in [0.4, 0.5) is 5.69 Å². The average molecular weight is 366 g/mol. The van der Waals surface area contributed by atoms with Gasteiger partial charge in [-0.05, 0) is 41.9 Å². The van der Waals surface area contributed by atoms with Crippen molar-refractivity contribution in [1.29, 1.82) is 0 Å². The molecule has 0 saturated heterocycles. The van der Waals surface area contributed by atoms with E-state index in [1.54, 1.807) is 12.1 Å². The number of hydrogen-bond donors (Lipinski definition) is 0. The Morgan fingerprint density at radius 1 is 1.04 bits per heavy atom. The third-order valence-corrected chi connectivity index (χ3v) is 4.33. The summed E-state index contributed by atoms with van der Waals surface area (Å²) in [4.78, 5) is 10.3. The summed E-state index contributed by atoms with van der Waals surface area (Å²) in [5.74, 6) is 6.25. The van der Waals surface area contributed by atoms with Gasteiger partial charge in [-0.25, -0.2) is 0 Å². The molecule has 0 amide bonds. The van der Waals surface area contributed by atoms with Gasteiger partial charge in [0.1, 0.15) is 0 Å². The number of allylic oxidation sites excluding steroid dienone is 10. The summed E-state index contributed by atoms with van der Waals surface area (Å²) in [5.41, 5.74) is 4.16. The van der Waals surface area contributed by atoms with Crippen molar-refractivity contribution < 1.29 is 4.92 Å². The smallest absolute Gasteiger partial charge is 0.258 e. The number of nitro benzene ring substituents is 1. The Balaban J connectivity index is 1.88. The molecule has 0 unspecified atom stereocenters. The van der Waals surface area contributed by atoms with Crippen molar-refractivity contribution in [3.63, 3.8) is 0 Å². The van der Waals surface area contributed by atoms with E-state index in [2.05, 4.69) is 39.9 Å². The molecule has 3 nitrogen and oxygen atoms in total. The van der Waals surface area contributed by atoms with E-state index >= 15 is 0 Å². The molecule has 1 aromatic rings. The van der Waals surface area contributed by atoms with E-state index in [-0.39, 0.29) is 5.69 Å². The molecule has 0 aromatic heterocycles. The number of benzene rings is 1. The fourth-order valence-corrected chi connectivity index (χ4v) is 2.75. The lowest BCUT2D eigenvalue weighted by atomic mass is 10.0. The summed E-state index contributed by atoms with van der Waals surface area (Å²) < 4.78 is 1.08. The largest absolute Gasteiger partial charge is 0.269 e. The first-order chi connectivity index (χ1) is 11.1. The molecule has 0 fully saturated rings. The first-order valence-electron chi connectivity index (χ1n) is 7.04. The van der Waals surface area contributed by atoms with Crippen LogP contribution in [0.15, 0.2) is 81.9 Å². The van der Waals surface area contributed by atoms with E-state index < -0.39 is 4.92 Å². The number of hydrogen-bond acceptors (Lipinski definition) is 2. The molecule has 0 atom stereocenters. The Bertz CT molecular complexity index is 872. The maximum Gasteiger partial charge on any atom is 0.269 e. The van der Waals surface area contributed by atoms with Crippen LogP contribution in [0.5, 0.6) is 0 Å². The first kappa shape index (κ1) is 15.3. The van der Waals surface area contributed by atoms with Crippen molar-refractivity contribution in [1.82, 2.24) is 0 Å². The van der Waals surface area contributed by atoms with Gasteiger partial charge in [0.15, 0.2) is 0 Å². The predicted octanol–water partition coefficient (Wildman–Crippen LogP) is 4.98. The topological polar surface area (TPSA) is 43.1 Å². The minimum absolute atomic E-state index is 0.0726. The highest BCUT2D eigenvalue weighted by Gasteiger charge is 2.11. The van der Waals surface area contributed by atoms with Crippen molar-refractivity contribution in [2.45, 2.75) is 6.42 Å². The molecule has 1 aromatic carbocycles. The van der Waals surface area contributed by atoms with Crippen LogP contribution in [0.3, 0.4) is 0 Å². The van der Waals surface area contributed by atoms with Gasteiger partial charge in [-0.1, -0.05) is 52.1 Å². The zero-order chi connectivity index (χ0) is 16.2. The molecule has 4 heteroatoms. The van der Waals surface area contributed by atoms with Gasteiger partial charge in [-0.3, -0.25) is 10.1 Å². The number of rotatable bonds is 1. The Labute approximate surface area is 142 Å². The van der Waals surface area contributed by atoms with Crippen molar-refractivity contribution in [3.05, 3.63) is 97.6 Å². The van der Waals surface area contributed by atoms with E-state index in [0.29, 0.717) is 0 Å². The van der Waals surface area contributed by atoms with Gasteiger partial charge in [0.2, 0.25) is 0 Å². The molecule has 2 bridgehead atoms. The predicted molar refractivity (Wildman–Crippen MR) is 95.0 cm³/mol. The van der Waals surface area contributed by atoms with Gasteiger partial charge < -0.3 is 0 Å². The lowest BCUT2D eigenvalue weighted by molar-refractivity contribution is -0.384. The van der Waals surface area contributed by atoms with E-state index in [1.165, 1.54) is 17.7 Å². The van der Waals surface area contributed by atoms with Crippen LogP contribution >= 0.6 is 15.9 Å². The van der Waals surface area contributed by atoms with Gasteiger partial charge in [0.25, 0.3) is 5.69 Å². The molecular weight excluding hydrogens is 354 g/mol. The third kappa shape index (κ3) is 3.58. The molecule has 3 rings (SSSR count). The van der Waals surface area contributed by atoms with Crippen molar-refractivity contribution in [2.75, 3.05) is 0 Å². The fraction of sp³-hybridized carbons (Fsp3) is 0.0526. The minimum atomic E-state index is -0.412. The van der Waals surface area contributed by atoms with E-state index in [1.807, 2.05) is 24.3 Å². The summed E-state index contributed by atoms with van der Waals surface area (Å²) in [6.07, 6.45) is 13.0. The molecule has 0 spiro atoms. The van der Waals surface area contributed by atoms with Crippen LogP contribution in [0, 0.1) is 22.0 Å². The Kier molecular flexibility index (Phi) is 4.40. The van der Waals surface area contributed by atoms with Gasteiger partial charge in [0, 0.05) is 27.8 Å². The van der Waals surface area contributed by atoms with Crippen molar-refractivity contribution in [2.24, 2.45) is 0 Å². The molecule has 112 valence electrons. The second-order valence-corrected chi connectivity index (χ2v) is 5.95. The second kappa shape index (κ2) is 6.64. The summed E-state index contributed by atoms with van der Waals surface area (Å²) in [7, 11) is 0. The maximum absolute atomic E-state index is 10.7. The van der Waals surface area contributed by atoms with Crippen molar-refractivity contribution >= 4 is 21.6 Å². The van der Waals surface area contributed by atoms with Gasteiger partial charge >= 0.3 is 0 Å². The minimum Gasteiger partial charge on any atom is -0.258 e. The SMILES string of the molecule is O=[N+]([O-])c1ccc(C#CC2=CC=CC3=C(Br)C=CC=C2C3)cc1. The van der Waals surface area contributed by atoms with Gasteiger partial charge in [-0.15, -0.1) is 0 Å². The summed E-state index contributed by atoms with van der Waals surface area (Å²) in [6.45, 7) is 0. The summed E-state index contributed by atoms with van der Waals surface area (Å²) >= 11 is 3.57. The fourth-order valence-electron chi connectivity index (χ4n) is 2.32. The standard InChI is InChI=1S/C19H12BrNO2/c20-19-6-2-4-16-13-17(19)5-1-3-15(16)10-7-14-8-11-18(12-9-14)21(22)23/h1-6,8-9,11-12H,13H2. The molecule has 0 N–H and O–H groups in total. The zero-order valence-electron chi connectivity index (χ0n) is 12.1. The zero-order valence-corrected chi connectivity index (χ0v) is 13.7. The Morgan fingerprint density at radius 3 is 2.52 bits per heavy atom. The van der Waals surface area contributed by atoms with Crippen LogP contribution in [-0.2, 0) is 0 Å². The van der Waals surface area contributed by atoms with E-state index in [0.717, 1.165) is 27.6 Å². The Hall–Kier alpha value is -2.64. The highest BCUT2D eigenvalue weighted by Crippen LogP contribution is 2.30. The highest BCUT2D eigenvalue weighted by atomic mass is 79.9. The van der Waals surface area contributed by atoms with Gasteiger partial charge in [-0.2, -0.15) is 0 Å². The lowest BCUT2D eigenvalue weighted by Crippen LogP contribution is -1.89. The molecule has 0 aliphatic heterocycles. The molecule has 0 radical (unpaired) electrons. The molecule has 2 aliphatic rings. The summed E-state index contributed by atoms with van der Waals surface area (Å²) in [5, 5.41) is 10.7. The number of halogens is 1. The van der Waals surface area contributed by atoms with Gasteiger partial charge in [0.05, 0.1) is 4.92 Å². The first-order valence-corrected chi connectivity index (χ1v) is 7.84. The third-order valence-electron chi connectivity index (χ3n) is 3.55. The molecular formula is C19H12BrNO2. The quantitative estimate of drug-likeness (QED) is 0.400. The number of non-ortho nitro benzene ring substituents is 1.